The number of amides is 1. The summed E-state index contributed by atoms with van der Waals surface area (Å²) in [5.41, 5.74) is 3.33. The monoisotopic (exact) mass is 388 g/mol. The molecule has 7 nitrogen and oxygen atoms in total. The van der Waals surface area contributed by atoms with Crippen molar-refractivity contribution in [3.63, 3.8) is 0 Å². The van der Waals surface area contributed by atoms with Crippen molar-refractivity contribution in [1.29, 1.82) is 0 Å². The molecule has 0 radical (unpaired) electrons. The molecule has 4 rings (SSSR count). The summed E-state index contributed by atoms with van der Waals surface area (Å²) in [7, 11) is 0. The number of aromatic carboxylic acids is 1. The van der Waals surface area contributed by atoms with Crippen LogP contribution in [0.15, 0.2) is 36.5 Å². The van der Waals surface area contributed by atoms with E-state index in [0.29, 0.717) is 23.4 Å². The number of hydrogen-bond acceptors (Lipinski definition) is 4. The fourth-order valence-electron chi connectivity index (χ4n) is 3.32. The van der Waals surface area contributed by atoms with Crippen LogP contribution < -0.4 is 4.90 Å². The second-order valence-corrected chi connectivity index (χ2v) is 7.04. The van der Waals surface area contributed by atoms with Gasteiger partial charge < -0.3 is 10.0 Å². The van der Waals surface area contributed by atoms with Crippen molar-refractivity contribution < 1.29 is 14.7 Å². The van der Waals surface area contributed by atoms with Gasteiger partial charge in [0, 0.05) is 22.9 Å². The number of anilines is 1. The van der Waals surface area contributed by atoms with E-state index < -0.39 is 5.97 Å². The maximum absolute atomic E-state index is 12.7. The van der Waals surface area contributed by atoms with Gasteiger partial charge in [0.25, 0.3) is 0 Å². The van der Waals surface area contributed by atoms with Crippen LogP contribution in [-0.4, -0.2) is 38.1 Å². The Morgan fingerprint density at radius 1 is 1.34 bits per heavy atom. The van der Waals surface area contributed by atoms with Crippen LogP contribution in [0.4, 0.5) is 5.69 Å². The molecule has 0 spiro atoms. The number of aryl methyl sites for hydroxylation is 1. The summed E-state index contributed by atoms with van der Waals surface area (Å²) in [5, 5.41) is 13.7. The molecule has 1 saturated carbocycles. The number of benzene rings is 1. The average molecular weight is 388 g/mol. The van der Waals surface area contributed by atoms with E-state index in [2.05, 4.69) is 16.0 Å². The van der Waals surface area contributed by atoms with Gasteiger partial charge in [-0.1, -0.05) is 25.0 Å². The van der Waals surface area contributed by atoms with E-state index in [9.17, 15) is 14.7 Å². The number of nitrogens with zero attached hydrogens (tertiary/aromatic N) is 4. The Morgan fingerprint density at radius 2 is 2.14 bits per heavy atom. The number of carbonyl (C=O) groups is 2. The zero-order valence-electron chi connectivity index (χ0n) is 16.0. The molecule has 1 aliphatic carbocycles. The smallest absolute Gasteiger partial charge is 0.341 e. The third-order valence-electron chi connectivity index (χ3n) is 5.01. The maximum Gasteiger partial charge on any atom is 0.341 e. The molecule has 7 heteroatoms. The number of terminal acetylenes is 1. The van der Waals surface area contributed by atoms with Gasteiger partial charge in [0.15, 0.2) is 5.65 Å². The van der Waals surface area contributed by atoms with Crippen LogP contribution >= 0.6 is 0 Å². The molecule has 1 aromatic carbocycles. The van der Waals surface area contributed by atoms with E-state index in [4.69, 9.17) is 6.42 Å². The summed E-state index contributed by atoms with van der Waals surface area (Å²) in [6.45, 7) is 2.16. The molecule has 0 saturated heterocycles. The zero-order valence-corrected chi connectivity index (χ0v) is 16.0. The third-order valence-corrected chi connectivity index (χ3v) is 5.01. The molecule has 1 aliphatic rings. The lowest BCUT2D eigenvalue weighted by Gasteiger charge is -2.21. The molecule has 2 heterocycles. The van der Waals surface area contributed by atoms with Gasteiger partial charge in [0.05, 0.1) is 18.4 Å². The highest BCUT2D eigenvalue weighted by Gasteiger charge is 2.33. The zero-order chi connectivity index (χ0) is 20.5. The van der Waals surface area contributed by atoms with E-state index in [0.717, 1.165) is 24.1 Å². The number of aromatic nitrogens is 3. The van der Waals surface area contributed by atoms with Gasteiger partial charge >= 0.3 is 5.97 Å². The SMILES string of the molecule is C#CCN(C(=O)C1CC1)c1cccc(-c2cc(CC)nc3c(C(=O)O)cnn23)c1. The van der Waals surface area contributed by atoms with E-state index in [1.807, 2.05) is 37.3 Å². The number of carbonyl (C=O) groups excluding carboxylic acids is 1. The summed E-state index contributed by atoms with van der Waals surface area (Å²) in [6.07, 6.45) is 9.25. The van der Waals surface area contributed by atoms with Crippen molar-refractivity contribution in [2.75, 3.05) is 11.4 Å². The van der Waals surface area contributed by atoms with Gasteiger partial charge in [0.1, 0.15) is 5.56 Å². The normalized spacial score (nSPS) is 13.2. The first-order valence-corrected chi connectivity index (χ1v) is 9.49. The highest BCUT2D eigenvalue weighted by molar-refractivity contribution is 5.97. The number of rotatable bonds is 6. The molecule has 0 atom stereocenters. The largest absolute Gasteiger partial charge is 0.477 e. The number of hydrogen-bond donors (Lipinski definition) is 1. The van der Waals surface area contributed by atoms with E-state index in [1.54, 1.807) is 4.90 Å². The summed E-state index contributed by atoms with van der Waals surface area (Å²) in [6, 6.07) is 9.38. The van der Waals surface area contributed by atoms with Crippen molar-refractivity contribution in [1.82, 2.24) is 14.6 Å². The van der Waals surface area contributed by atoms with Crippen LogP contribution in [0.5, 0.6) is 0 Å². The number of carboxylic acid groups (broad SMARTS) is 1. The minimum absolute atomic E-state index is 0.0430. The Labute approximate surface area is 168 Å². The van der Waals surface area contributed by atoms with Crippen LogP contribution in [0.3, 0.4) is 0 Å². The minimum Gasteiger partial charge on any atom is -0.477 e. The molecule has 0 aliphatic heterocycles. The van der Waals surface area contributed by atoms with Crippen LogP contribution in [0.2, 0.25) is 0 Å². The van der Waals surface area contributed by atoms with Crippen LogP contribution in [-0.2, 0) is 11.2 Å². The second kappa shape index (κ2) is 7.40. The lowest BCUT2D eigenvalue weighted by Crippen LogP contribution is -2.32. The molecule has 3 aromatic rings. The topological polar surface area (TPSA) is 87.8 Å². The molecular formula is C22H20N4O3. The first kappa shape index (κ1) is 18.7. The Morgan fingerprint density at radius 3 is 2.79 bits per heavy atom. The number of fused-ring (bicyclic) bond motifs is 1. The van der Waals surface area contributed by atoms with Crippen molar-refractivity contribution in [3.05, 3.63) is 47.8 Å². The molecule has 1 N–H and O–H groups in total. The molecule has 2 aromatic heterocycles. The van der Waals surface area contributed by atoms with E-state index in [-0.39, 0.29) is 23.9 Å². The molecule has 0 bridgehead atoms. The summed E-state index contributed by atoms with van der Waals surface area (Å²) < 4.78 is 1.52. The van der Waals surface area contributed by atoms with Crippen LogP contribution in [0, 0.1) is 18.3 Å². The predicted octanol–water partition coefficient (Wildman–Crippen LogP) is 3.03. The minimum atomic E-state index is -1.07. The maximum atomic E-state index is 12.7. The lowest BCUT2D eigenvalue weighted by atomic mass is 10.1. The molecule has 0 unspecified atom stereocenters. The summed E-state index contributed by atoms with van der Waals surface area (Å²) >= 11 is 0. The van der Waals surface area contributed by atoms with Crippen molar-refractivity contribution in [3.8, 4) is 23.6 Å². The molecular weight excluding hydrogens is 368 g/mol. The third kappa shape index (κ3) is 3.45. The van der Waals surface area contributed by atoms with Crippen LogP contribution in [0.1, 0.15) is 35.8 Å². The van der Waals surface area contributed by atoms with Crippen molar-refractivity contribution in [2.24, 2.45) is 5.92 Å². The first-order valence-electron chi connectivity index (χ1n) is 9.49. The van der Waals surface area contributed by atoms with Gasteiger partial charge in [0.2, 0.25) is 5.91 Å². The average Bonchev–Trinajstić information content (AvgIpc) is 3.49. The molecule has 1 amide bonds. The van der Waals surface area contributed by atoms with Gasteiger partial charge in [-0.3, -0.25) is 4.79 Å². The second-order valence-electron chi connectivity index (χ2n) is 7.04. The summed E-state index contributed by atoms with van der Waals surface area (Å²) in [5.74, 6) is 1.59. The van der Waals surface area contributed by atoms with Gasteiger partial charge in [-0.25, -0.2) is 14.3 Å². The molecule has 1 fully saturated rings. The Bertz CT molecular complexity index is 1150. The Balaban J connectivity index is 1.84. The van der Waals surface area contributed by atoms with E-state index in [1.165, 1.54) is 10.7 Å². The van der Waals surface area contributed by atoms with Crippen molar-refractivity contribution >= 4 is 23.2 Å². The number of carboxylic acids is 1. The lowest BCUT2D eigenvalue weighted by molar-refractivity contribution is -0.119. The van der Waals surface area contributed by atoms with Crippen LogP contribution in [0.25, 0.3) is 16.9 Å². The Kier molecular flexibility index (Phi) is 4.77. The highest BCUT2D eigenvalue weighted by Crippen LogP contribution is 2.34. The van der Waals surface area contributed by atoms with Gasteiger partial charge in [-0.2, -0.15) is 5.10 Å². The van der Waals surface area contributed by atoms with E-state index >= 15 is 0 Å². The molecule has 29 heavy (non-hydrogen) atoms. The van der Waals surface area contributed by atoms with Gasteiger partial charge in [-0.05, 0) is 37.5 Å². The molecule has 146 valence electrons. The fourth-order valence-corrected chi connectivity index (χ4v) is 3.32. The van der Waals surface area contributed by atoms with Crippen molar-refractivity contribution in [2.45, 2.75) is 26.2 Å². The fraction of sp³-hybridized carbons (Fsp3) is 0.273. The quantitative estimate of drug-likeness (QED) is 0.656. The predicted molar refractivity (Wildman–Crippen MR) is 109 cm³/mol. The van der Waals surface area contributed by atoms with Gasteiger partial charge in [-0.15, -0.1) is 6.42 Å². The summed E-state index contributed by atoms with van der Waals surface area (Å²) in [4.78, 5) is 30.3. The first-order chi connectivity index (χ1) is 14.0. The Hall–Kier alpha value is -3.66. The standard InChI is InChI=1S/C22H20N4O3/c1-3-10-25(21(27)14-8-9-14)17-7-5-6-15(11-17)19-12-16(4-2)24-20-18(22(28)29)13-23-26(19)20/h1,5-7,11-14H,4,8-10H2,2H3,(H,28,29). The highest BCUT2D eigenvalue weighted by atomic mass is 16.4.